The molecule has 0 aliphatic heterocycles. The van der Waals surface area contributed by atoms with E-state index in [1.807, 2.05) is 30.3 Å². The number of rotatable bonds is 14. The van der Waals surface area contributed by atoms with Gasteiger partial charge in [0.2, 0.25) is 0 Å². The number of nitrogens with zero attached hydrogens (tertiary/aromatic N) is 3. The van der Waals surface area contributed by atoms with Gasteiger partial charge < -0.3 is 16.6 Å². The van der Waals surface area contributed by atoms with Gasteiger partial charge in [-0.2, -0.15) is 5.70 Å². The molecule has 0 heterocycles. The number of aliphatic imine (C=N–C) groups is 1. The molecule has 3 nitrogen and oxygen atoms in total. The van der Waals surface area contributed by atoms with E-state index in [-0.39, 0.29) is 25.8 Å². The van der Waals surface area contributed by atoms with Gasteiger partial charge in [-0.1, -0.05) is 165 Å². The van der Waals surface area contributed by atoms with E-state index in [1.165, 1.54) is 21.7 Å². The van der Waals surface area contributed by atoms with Crippen LogP contribution in [0.15, 0.2) is 126 Å². The SMILES string of the molecule is CC(/C=C(\C)[N-]CCN(C(C)C)C(C)C)=Nc1c(C(C)C)cccc1C(C)C.C[Si](C)(C)[CH-]P(=S)(c1ccccc1)c1ccccc1.[C-]#Cc1ccccc1.[Sc+3]. The first-order chi connectivity index (χ1) is 25.9. The molecule has 0 N–H and O–H groups in total. The van der Waals surface area contributed by atoms with Crippen LogP contribution in [0.5, 0.6) is 0 Å². The van der Waals surface area contributed by atoms with Crippen LogP contribution in [-0.2, 0) is 37.7 Å². The molecule has 4 aromatic carbocycles. The first-order valence-electron chi connectivity index (χ1n) is 19.7. The molecule has 0 aliphatic rings. The quantitative estimate of drug-likeness (QED) is 0.0416. The molecular formula is C49H67N3PSScSi. The van der Waals surface area contributed by atoms with Crippen LogP contribution in [0.3, 0.4) is 0 Å². The molecule has 0 saturated heterocycles. The Balaban J connectivity index is 0.000000478. The summed E-state index contributed by atoms with van der Waals surface area (Å²) in [6.07, 6.45) is 8.80. The van der Waals surface area contributed by atoms with E-state index in [0.717, 1.165) is 35.7 Å². The second-order valence-corrected chi connectivity index (χ2v) is 26.1. The smallest absolute Gasteiger partial charge is 0.687 e. The minimum Gasteiger partial charge on any atom is -0.687 e. The van der Waals surface area contributed by atoms with Crippen molar-refractivity contribution in [2.24, 2.45) is 4.99 Å². The average molecular weight is 834 g/mol. The van der Waals surface area contributed by atoms with Gasteiger partial charge in [0.25, 0.3) is 0 Å². The Bertz CT molecular complexity index is 1780. The molecule has 4 rings (SSSR count). The Labute approximate surface area is 368 Å². The first-order valence-corrected chi connectivity index (χ1v) is 26.2. The van der Waals surface area contributed by atoms with E-state index < -0.39 is 14.1 Å². The average Bonchev–Trinajstić information content (AvgIpc) is 3.13. The summed E-state index contributed by atoms with van der Waals surface area (Å²) in [5, 5.41) is 7.37. The molecule has 0 bridgehead atoms. The predicted molar refractivity (Wildman–Crippen MR) is 253 cm³/mol. The molecule has 0 aromatic heterocycles. The van der Waals surface area contributed by atoms with Crippen LogP contribution in [0.1, 0.15) is 97.8 Å². The Kier molecular flexibility index (Phi) is 23.5. The molecule has 56 heavy (non-hydrogen) atoms. The Morgan fingerprint density at radius 2 is 1.18 bits per heavy atom. The van der Waals surface area contributed by atoms with Crippen molar-refractivity contribution in [3.05, 3.63) is 155 Å². The van der Waals surface area contributed by atoms with Gasteiger partial charge in [-0.15, -0.1) is 42.1 Å². The zero-order valence-electron chi connectivity index (χ0n) is 36.5. The summed E-state index contributed by atoms with van der Waals surface area (Å²) in [4.78, 5) is 7.49. The number of hydrogen-bond donors (Lipinski definition) is 0. The number of allylic oxidation sites excluding steroid dienone is 2. The summed E-state index contributed by atoms with van der Waals surface area (Å²) >= 11 is 6.17. The normalized spacial score (nSPS) is 12.1. The molecule has 0 aliphatic carbocycles. The van der Waals surface area contributed by atoms with Crippen molar-refractivity contribution < 1.29 is 25.8 Å². The summed E-state index contributed by atoms with van der Waals surface area (Å²) in [6, 6.07) is 36.5. The molecule has 0 fully saturated rings. The topological polar surface area (TPSA) is 29.7 Å². The van der Waals surface area contributed by atoms with Gasteiger partial charge in [0, 0.05) is 17.8 Å². The fraction of sp³-hybridized carbons (Fsp3) is 0.388. The van der Waals surface area contributed by atoms with E-state index in [0.29, 0.717) is 23.9 Å². The zero-order chi connectivity index (χ0) is 41.2. The van der Waals surface area contributed by atoms with E-state index >= 15 is 0 Å². The van der Waals surface area contributed by atoms with Gasteiger partial charge in [0.1, 0.15) is 0 Å². The van der Waals surface area contributed by atoms with Crippen LogP contribution in [0.2, 0.25) is 19.6 Å². The summed E-state index contributed by atoms with van der Waals surface area (Å²) in [7, 11) is -1.34. The largest absolute Gasteiger partial charge is 3.00 e. The Hall–Kier alpha value is -2.65. The minimum absolute atomic E-state index is 0. The monoisotopic (exact) mass is 833 g/mol. The maximum Gasteiger partial charge on any atom is 3.00 e. The molecule has 0 unspecified atom stereocenters. The van der Waals surface area contributed by atoms with Gasteiger partial charge in [-0.05, 0) is 74.7 Å². The van der Waals surface area contributed by atoms with Crippen LogP contribution in [-0.4, -0.2) is 43.9 Å². The number of hydrogen-bond acceptors (Lipinski definition) is 3. The Morgan fingerprint density at radius 3 is 1.54 bits per heavy atom. The van der Waals surface area contributed by atoms with Crippen LogP contribution < -0.4 is 10.6 Å². The fourth-order valence-corrected chi connectivity index (χ4v) is 17.0. The third kappa shape index (κ3) is 17.9. The third-order valence-electron chi connectivity index (χ3n) is 8.86. The molecule has 0 amide bonds. The van der Waals surface area contributed by atoms with Gasteiger partial charge in [-0.25, -0.2) is 0 Å². The molecule has 7 heteroatoms. The van der Waals surface area contributed by atoms with Crippen molar-refractivity contribution in [1.82, 2.24) is 4.90 Å². The summed E-state index contributed by atoms with van der Waals surface area (Å²) in [6.45, 7) is 31.0. The fourth-order valence-electron chi connectivity index (χ4n) is 6.32. The summed E-state index contributed by atoms with van der Waals surface area (Å²) in [5.41, 5.74) is 6.66. The standard InChI is InChI=1S/C25H42N3.C16H20PSSi.C8H5.Sc/c1-17(2)23-12-11-13-24(18(3)4)25(23)27-22(10)16-21(9)26-14-15-28(19(5)6)20(7)8;1-19(2,3)14-17(18,15-10-6-4-7-11-15)16-12-8-5-9-13-16;1-2-8-6-4-3-5-7-8;/h11-13,16-20H,14-15H2,1-10H3;4-14H,1-3H3;3-7H;/q3*-1;+3/b21-16+,27-22?;;;. The van der Waals surface area contributed by atoms with Crippen LogP contribution in [0.25, 0.3) is 5.32 Å². The summed E-state index contributed by atoms with van der Waals surface area (Å²) < 4.78 is 0. The molecule has 296 valence electrons. The van der Waals surface area contributed by atoms with E-state index in [1.54, 1.807) is 0 Å². The van der Waals surface area contributed by atoms with Crippen LogP contribution in [0.4, 0.5) is 5.69 Å². The van der Waals surface area contributed by atoms with Crippen molar-refractivity contribution in [3.63, 3.8) is 0 Å². The second-order valence-electron chi connectivity index (χ2n) is 16.3. The molecule has 0 atom stereocenters. The molecule has 0 spiro atoms. The second kappa shape index (κ2) is 25.7. The first kappa shape index (κ1) is 51.4. The van der Waals surface area contributed by atoms with Crippen LogP contribution >= 0.6 is 6.04 Å². The number of benzene rings is 4. The van der Waals surface area contributed by atoms with E-state index in [9.17, 15) is 0 Å². The molecular weight excluding hydrogens is 767 g/mol. The zero-order valence-corrected chi connectivity index (χ0v) is 41.1. The summed E-state index contributed by atoms with van der Waals surface area (Å²) in [5.74, 6) is 5.70. The van der Waals surface area contributed by atoms with Crippen molar-refractivity contribution in [3.8, 4) is 5.92 Å². The van der Waals surface area contributed by atoms with Crippen molar-refractivity contribution in [2.75, 3.05) is 13.1 Å². The van der Waals surface area contributed by atoms with Crippen molar-refractivity contribution in [1.29, 1.82) is 0 Å². The number of para-hydroxylation sites is 1. The van der Waals surface area contributed by atoms with E-state index in [4.69, 9.17) is 28.5 Å². The van der Waals surface area contributed by atoms with Crippen molar-refractivity contribution in [2.45, 2.75) is 113 Å². The molecule has 0 radical (unpaired) electrons. The van der Waals surface area contributed by atoms with E-state index in [2.05, 4.69) is 190 Å². The predicted octanol–water partition coefficient (Wildman–Crippen LogP) is 13.2. The van der Waals surface area contributed by atoms with Gasteiger partial charge in [0.15, 0.2) is 0 Å². The van der Waals surface area contributed by atoms with Gasteiger partial charge >= 0.3 is 25.8 Å². The maximum atomic E-state index is 6.69. The van der Waals surface area contributed by atoms with Crippen molar-refractivity contribution >= 4 is 47.9 Å². The van der Waals surface area contributed by atoms with Gasteiger partial charge in [0.05, 0.1) is 5.69 Å². The van der Waals surface area contributed by atoms with Gasteiger partial charge in [-0.3, -0.25) is 16.7 Å². The maximum absolute atomic E-state index is 6.69. The Morgan fingerprint density at radius 1 is 0.750 bits per heavy atom. The molecule has 4 aromatic rings. The third-order valence-corrected chi connectivity index (χ3v) is 17.8. The van der Waals surface area contributed by atoms with Crippen LogP contribution in [0, 0.1) is 18.1 Å². The minimum atomic E-state index is -1.78. The molecule has 0 saturated carbocycles.